The molecule has 5 rings (SSSR count). The van der Waals surface area contributed by atoms with Gasteiger partial charge in [-0.15, -0.1) is 0 Å². The smallest absolute Gasteiger partial charge is 0.233 e. The summed E-state index contributed by atoms with van der Waals surface area (Å²) in [5.74, 6) is -3.06. The molecule has 30 heavy (non-hydrogen) atoms. The molecule has 2 aliphatic heterocycles. The van der Waals surface area contributed by atoms with Gasteiger partial charge in [-0.25, -0.2) is 0 Å². The number of imide groups is 2. The number of phenolic OH excluding ortho intramolecular Hbond substituents is 1. The summed E-state index contributed by atoms with van der Waals surface area (Å²) >= 11 is 0. The second-order valence-electron chi connectivity index (χ2n) is 9.04. The standard InChI is InChI=1S/C23H24N2O5/c1-10-8-11(4-7-16(10)26)17-12-5-6-13-18(22(29)24(2)20(13)27)14(12)9-15-19(17)23(30)25(3)21(15)28/h4-5,7-8,13-15,17-19,26H,6,9H2,1-3H3. The molecule has 1 aromatic carbocycles. The van der Waals surface area contributed by atoms with Gasteiger partial charge in [0.15, 0.2) is 0 Å². The molecule has 2 heterocycles. The van der Waals surface area contributed by atoms with Crippen molar-refractivity contribution in [2.75, 3.05) is 14.1 Å². The van der Waals surface area contributed by atoms with Crippen LogP contribution in [-0.2, 0) is 19.2 Å². The number of aryl methyl sites for hydroxylation is 1. The fourth-order valence-corrected chi connectivity index (χ4v) is 6.15. The van der Waals surface area contributed by atoms with Gasteiger partial charge in [-0.1, -0.05) is 23.8 Å². The summed E-state index contributed by atoms with van der Waals surface area (Å²) in [7, 11) is 3.04. The van der Waals surface area contributed by atoms with Crippen LogP contribution in [0.15, 0.2) is 29.8 Å². The number of hydrogen-bond acceptors (Lipinski definition) is 5. The maximum absolute atomic E-state index is 13.1. The van der Waals surface area contributed by atoms with Crippen LogP contribution >= 0.6 is 0 Å². The molecule has 0 spiro atoms. The first-order chi connectivity index (χ1) is 14.2. The van der Waals surface area contributed by atoms with E-state index in [0.29, 0.717) is 18.4 Å². The molecule has 3 fully saturated rings. The second kappa shape index (κ2) is 6.27. The summed E-state index contributed by atoms with van der Waals surface area (Å²) in [6.07, 6.45) is 2.90. The molecule has 0 aromatic heterocycles. The van der Waals surface area contributed by atoms with Crippen LogP contribution in [0.3, 0.4) is 0 Å². The summed E-state index contributed by atoms with van der Waals surface area (Å²) < 4.78 is 0. The normalized spacial score (nSPS) is 35.4. The van der Waals surface area contributed by atoms with Crippen LogP contribution in [0.5, 0.6) is 5.75 Å². The number of rotatable bonds is 1. The molecule has 1 aromatic rings. The van der Waals surface area contributed by atoms with Crippen molar-refractivity contribution in [2.45, 2.75) is 25.7 Å². The molecule has 4 aliphatic rings. The van der Waals surface area contributed by atoms with Crippen LogP contribution in [-0.4, -0.2) is 52.6 Å². The molecule has 0 bridgehead atoms. The zero-order valence-corrected chi connectivity index (χ0v) is 17.2. The number of hydrogen-bond donors (Lipinski definition) is 1. The maximum Gasteiger partial charge on any atom is 0.233 e. The van der Waals surface area contributed by atoms with Gasteiger partial charge in [0.2, 0.25) is 23.6 Å². The summed E-state index contributed by atoms with van der Waals surface area (Å²) in [4.78, 5) is 53.9. The van der Waals surface area contributed by atoms with Gasteiger partial charge in [0.1, 0.15) is 5.75 Å². The number of benzene rings is 1. The minimum Gasteiger partial charge on any atom is -0.508 e. The molecule has 2 aliphatic carbocycles. The van der Waals surface area contributed by atoms with Crippen molar-refractivity contribution in [2.24, 2.45) is 29.6 Å². The highest BCUT2D eigenvalue weighted by molar-refractivity contribution is 6.07. The van der Waals surface area contributed by atoms with Crippen LogP contribution < -0.4 is 0 Å². The molecule has 1 saturated carbocycles. The number of carbonyl (C=O) groups is 4. The molecule has 6 atom stereocenters. The van der Waals surface area contributed by atoms with Gasteiger partial charge in [0.05, 0.1) is 23.7 Å². The van der Waals surface area contributed by atoms with Gasteiger partial charge >= 0.3 is 0 Å². The highest BCUT2D eigenvalue weighted by Gasteiger charge is 2.60. The maximum atomic E-state index is 13.1. The van der Waals surface area contributed by atoms with E-state index in [1.807, 2.05) is 12.1 Å². The van der Waals surface area contributed by atoms with E-state index in [4.69, 9.17) is 0 Å². The molecule has 4 amide bonds. The lowest BCUT2D eigenvalue weighted by atomic mass is 9.57. The van der Waals surface area contributed by atoms with E-state index in [1.165, 1.54) is 23.9 Å². The Morgan fingerprint density at radius 3 is 2.17 bits per heavy atom. The Morgan fingerprint density at radius 2 is 1.50 bits per heavy atom. The van der Waals surface area contributed by atoms with Gasteiger partial charge < -0.3 is 5.11 Å². The average molecular weight is 408 g/mol. The Morgan fingerprint density at radius 1 is 0.867 bits per heavy atom. The zero-order chi connectivity index (χ0) is 21.5. The lowest BCUT2D eigenvalue weighted by Crippen LogP contribution is -2.42. The minimum atomic E-state index is -0.518. The predicted octanol–water partition coefficient (Wildman–Crippen LogP) is 1.60. The lowest BCUT2D eigenvalue weighted by Gasteiger charge is -2.44. The van der Waals surface area contributed by atoms with E-state index >= 15 is 0 Å². The molecule has 156 valence electrons. The SMILES string of the molecule is Cc1cc(C2C3=CCC4C(=O)N(C)C(=O)C4C3CC3C(=O)N(C)C(=O)C32)ccc1O. The number of aromatic hydroxyl groups is 1. The Bertz CT molecular complexity index is 1040. The van der Waals surface area contributed by atoms with Gasteiger partial charge in [0, 0.05) is 20.0 Å². The number of likely N-dealkylation sites (tertiary alicyclic amines) is 2. The Balaban J connectivity index is 1.67. The highest BCUT2D eigenvalue weighted by atomic mass is 16.3. The number of amides is 4. The van der Waals surface area contributed by atoms with E-state index < -0.39 is 17.8 Å². The first-order valence-electron chi connectivity index (χ1n) is 10.3. The van der Waals surface area contributed by atoms with Crippen molar-refractivity contribution in [3.8, 4) is 5.75 Å². The third-order valence-electron chi connectivity index (χ3n) is 7.67. The number of fused-ring (bicyclic) bond motifs is 4. The summed E-state index contributed by atoms with van der Waals surface area (Å²) in [5.41, 5.74) is 2.53. The molecular formula is C23H24N2O5. The fraction of sp³-hybridized carbons (Fsp3) is 0.478. The van der Waals surface area contributed by atoms with Crippen LogP contribution in [0.2, 0.25) is 0 Å². The number of carbonyl (C=O) groups excluding carboxylic acids is 4. The molecule has 7 heteroatoms. The monoisotopic (exact) mass is 408 g/mol. The van der Waals surface area contributed by atoms with Gasteiger partial charge in [-0.3, -0.25) is 29.0 Å². The fourth-order valence-electron chi connectivity index (χ4n) is 6.15. The predicted molar refractivity (Wildman–Crippen MR) is 106 cm³/mol. The number of phenols is 1. The summed E-state index contributed by atoms with van der Waals surface area (Å²) in [5, 5.41) is 9.98. The zero-order valence-electron chi connectivity index (χ0n) is 17.2. The van der Waals surface area contributed by atoms with Crippen molar-refractivity contribution in [1.82, 2.24) is 9.80 Å². The first-order valence-corrected chi connectivity index (χ1v) is 10.3. The van der Waals surface area contributed by atoms with Crippen LogP contribution in [0.25, 0.3) is 0 Å². The highest BCUT2D eigenvalue weighted by Crippen LogP contribution is 2.57. The molecule has 0 radical (unpaired) electrons. The average Bonchev–Trinajstić information content (AvgIpc) is 3.09. The van der Waals surface area contributed by atoms with Gasteiger partial charge in [-0.2, -0.15) is 0 Å². The van der Waals surface area contributed by atoms with Gasteiger partial charge in [0.25, 0.3) is 0 Å². The van der Waals surface area contributed by atoms with E-state index in [1.54, 1.807) is 19.1 Å². The van der Waals surface area contributed by atoms with Crippen molar-refractivity contribution >= 4 is 23.6 Å². The van der Waals surface area contributed by atoms with E-state index in [0.717, 1.165) is 11.1 Å². The molecule has 6 unspecified atom stereocenters. The quantitative estimate of drug-likeness (QED) is 0.563. The topological polar surface area (TPSA) is 95.0 Å². The van der Waals surface area contributed by atoms with E-state index in [-0.39, 0.29) is 47.1 Å². The minimum absolute atomic E-state index is 0.162. The Hall–Kier alpha value is -2.96. The molecular weight excluding hydrogens is 384 g/mol. The number of nitrogens with zero attached hydrogens (tertiary/aromatic N) is 2. The van der Waals surface area contributed by atoms with Crippen molar-refractivity contribution in [3.63, 3.8) is 0 Å². The van der Waals surface area contributed by atoms with Crippen molar-refractivity contribution in [3.05, 3.63) is 41.0 Å². The Labute approximate surface area is 174 Å². The van der Waals surface area contributed by atoms with Crippen molar-refractivity contribution in [1.29, 1.82) is 0 Å². The Kier molecular flexibility index (Phi) is 3.98. The lowest BCUT2D eigenvalue weighted by molar-refractivity contribution is -0.140. The third-order valence-corrected chi connectivity index (χ3v) is 7.67. The van der Waals surface area contributed by atoms with Crippen LogP contribution in [0.4, 0.5) is 0 Å². The second-order valence-corrected chi connectivity index (χ2v) is 9.04. The largest absolute Gasteiger partial charge is 0.508 e. The van der Waals surface area contributed by atoms with Crippen LogP contribution in [0, 0.1) is 36.5 Å². The van der Waals surface area contributed by atoms with Gasteiger partial charge in [-0.05, 0) is 42.9 Å². The van der Waals surface area contributed by atoms with Crippen LogP contribution in [0.1, 0.15) is 29.9 Å². The number of allylic oxidation sites excluding steroid dienone is 2. The third kappa shape index (κ3) is 2.32. The summed E-state index contributed by atoms with van der Waals surface area (Å²) in [6.45, 7) is 1.80. The summed E-state index contributed by atoms with van der Waals surface area (Å²) in [6, 6.07) is 5.26. The van der Waals surface area contributed by atoms with E-state index in [2.05, 4.69) is 0 Å². The molecule has 2 saturated heterocycles. The first kappa shape index (κ1) is 19.0. The molecule has 7 nitrogen and oxygen atoms in total. The van der Waals surface area contributed by atoms with Crippen molar-refractivity contribution < 1.29 is 24.3 Å². The molecule has 1 N–H and O–H groups in total. The van der Waals surface area contributed by atoms with E-state index in [9.17, 15) is 24.3 Å².